The van der Waals surface area contributed by atoms with Crippen molar-refractivity contribution in [2.24, 2.45) is 41.4 Å². The van der Waals surface area contributed by atoms with Crippen LogP contribution in [0.25, 0.3) is 0 Å². The van der Waals surface area contributed by atoms with Crippen molar-refractivity contribution in [2.45, 2.75) is 173 Å². The Labute approximate surface area is 771 Å². The van der Waals surface area contributed by atoms with Crippen LogP contribution in [0.1, 0.15) is 185 Å². The summed E-state index contributed by atoms with van der Waals surface area (Å²) in [6.45, 7) is 43.3. The summed E-state index contributed by atoms with van der Waals surface area (Å²) in [6, 6.07) is 56.0. The first-order chi connectivity index (χ1) is 58.1. The van der Waals surface area contributed by atoms with Crippen LogP contribution in [-0.2, 0) is 57.0 Å². The molecule has 7 unspecified atom stereocenters. The third-order valence-electron chi connectivity index (χ3n) is 17.6. The first-order valence-corrected chi connectivity index (χ1v) is 40.8. The second-order valence-corrected chi connectivity index (χ2v) is 31.3. The number of phenols is 2. The molecular formula is C99H130BClNaO23. The number of hydrogen-bond donors (Lipinski definition) is 3. The fourth-order valence-electron chi connectivity index (χ4n) is 10.6. The van der Waals surface area contributed by atoms with Crippen LogP contribution in [0.4, 0.5) is 0 Å². The SMILES string of the molecule is C=C(C)C(=O)OC(=O)C(=C)C.C=C(C)C(=O)OC(c1ccc(OC(OC)C(C)C)cc1)c1ccc(OC(OC)C(C)C)cc1.COC(Cl)C(C)C.COC(Oc1ccc(C(=O)c2ccc(OC(OC)C(C)C)cc2)cc1)C(C)C.COC(Oc1ccc(C(O)c2ccc(OC(OC)C(C)C)cc2)cc1)C(C)C.O=C(c1ccc(O)cc1)c1ccc(O)cc1.[B].[H-].[Na+]. The Hall–Kier alpha value is -9.64. The van der Waals surface area contributed by atoms with Gasteiger partial charge in [-0.2, -0.15) is 0 Å². The molecule has 0 bridgehead atoms. The average molecular weight is 1760 g/mol. The molecule has 3 N–H and O–H groups in total. The van der Waals surface area contributed by atoms with Crippen molar-refractivity contribution in [1.29, 1.82) is 0 Å². The van der Waals surface area contributed by atoms with Crippen LogP contribution in [0.2, 0.25) is 0 Å². The van der Waals surface area contributed by atoms with E-state index in [1.165, 1.54) is 38.1 Å². The second-order valence-electron chi connectivity index (χ2n) is 30.9. The van der Waals surface area contributed by atoms with Gasteiger partial charge in [-0.25, -0.2) is 14.4 Å². The van der Waals surface area contributed by atoms with Crippen molar-refractivity contribution in [3.05, 3.63) is 275 Å². The first-order valence-electron chi connectivity index (χ1n) is 40.4. The molecule has 125 heavy (non-hydrogen) atoms. The molecule has 0 amide bonds. The molecule has 8 aromatic rings. The van der Waals surface area contributed by atoms with E-state index in [0.29, 0.717) is 68.2 Å². The molecule has 0 spiro atoms. The van der Waals surface area contributed by atoms with Crippen molar-refractivity contribution in [1.82, 2.24) is 0 Å². The molecule has 0 saturated carbocycles. The molecule has 0 heterocycles. The van der Waals surface area contributed by atoms with Gasteiger partial charge in [0.25, 0.3) is 0 Å². The number of phenolic OH excluding ortho intramolecular Hbond substituents is 2. The Kier molecular flexibility index (Phi) is 53.8. The number of esters is 3. The summed E-state index contributed by atoms with van der Waals surface area (Å²) in [5, 5.41) is 28.9. The summed E-state index contributed by atoms with van der Waals surface area (Å²) in [5.41, 5.74) is 5.98. The predicted octanol–water partition coefficient (Wildman–Crippen LogP) is 17.8. The van der Waals surface area contributed by atoms with E-state index in [-0.39, 0.29) is 152 Å². The van der Waals surface area contributed by atoms with Crippen molar-refractivity contribution < 1.29 is 141 Å². The summed E-state index contributed by atoms with van der Waals surface area (Å²) < 4.78 is 81.9. The van der Waals surface area contributed by atoms with E-state index < -0.39 is 30.1 Å². The van der Waals surface area contributed by atoms with Crippen molar-refractivity contribution in [3.8, 4) is 46.0 Å². The molecule has 8 rings (SSSR count). The Morgan fingerprint density at radius 2 is 0.496 bits per heavy atom. The quantitative estimate of drug-likeness (QED) is 0.00616. The van der Waals surface area contributed by atoms with E-state index in [0.717, 1.165) is 22.3 Å². The number of ether oxygens (including phenoxy) is 15. The fourth-order valence-corrected chi connectivity index (χ4v) is 10.6. The number of halogens is 1. The maximum absolute atomic E-state index is 12.7. The molecular weight excluding hydrogens is 1630 g/mol. The van der Waals surface area contributed by atoms with E-state index in [4.69, 9.17) is 88.1 Å². The summed E-state index contributed by atoms with van der Waals surface area (Å²) in [5.74, 6) is 4.01. The van der Waals surface area contributed by atoms with E-state index in [9.17, 15) is 29.1 Å². The number of hydrogen-bond acceptors (Lipinski definition) is 23. The van der Waals surface area contributed by atoms with Gasteiger partial charge in [0.05, 0.1) is 0 Å². The van der Waals surface area contributed by atoms with Gasteiger partial charge in [0.15, 0.2) is 17.7 Å². The maximum Gasteiger partial charge on any atom is 1.00 e. The molecule has 0 aliphatic rings. The van der Waals surface area contributed by atoms with E-state index in [1.807, 2.05) is 194 Å². The number of carbonyl (C=O) groups is 5. The topological polar surface area (TPSA) is 284 Å². The van der Waals surface area contributed by atoms with Gasteiger partial charge < -0.3 is 87.8 Å². The predicted molar refractivity (Wildman–Crippen MR) is 485 cm³/mol. The normalized spacial score (nSPS) is 12.9. The van der Waals surface area contributed by atoms with Crippen LogP contribution in [0.5, 0.6) is 46.0 Å². The molecule has 23 nitrogen and oxygen atoms in total. The molecule has 8 aromatic carbocycles. The monoisotopic (exact) mass is 1760 g/mol. The average Bonchev–Trinajstić information content (AvgIpc) is 0.808. The van der Waals surface area contributed by atoms with Crippen LogP contribution in [-0.4, -0.2) is 146 Å². The first kappa shape index (κ1) is 113. The van der Waals surface area contributed by atoms with Gasteiger partial charge in [-0.05, 0) is 195 Å². The fraction of sp³-hybridized carbons (Fsp3) is 0.404. The zero-order valence-corrected chi connectivity index (χ0v) is 80.1. The van der Waals surface area contributed by atoms with Crippen LogP contribution in [0.15, 0.2) is 231 Å². The number of aromatic hydroxyl groups is 2. The Morgan fingerprint density at radius 3 is 0.664 bits per heavy atom. The molecule has 26 heteroatoms. The number of aliphatic hydroxyl groups excluding tert-OH is 1. The second kappa shape index (κ2) is 59.4. The van der Waals surface area contributed by atoms with Gasteiger partial charge in [0, 0.05) is 133 Å². The van der Waals surface area contributed by atoms with Crippen molar-refractivity contribution >= 4 is 49.5 Å². The van der Waals surface area contributed by atoms with Crippen molar-refractivity contribution in [3.63, 3.8) is 0 Å². The minimum Gasteiger partial charge on any atom is -1.00 e. The van der Waals surface area contributed by atoms with Crippen LogP contribution in [0.3, 0.4) is 0 Å². The van der Waals surface area contributed by atoms with Crippen LogP contribution in [0, 0.1) is 41.4 Å². The molecule has 0 aromatic heterocycles. The zero-order chi connectivity index (χ0) is 92.3. The third-order valence-corrected chi connectivity index (χ3v) is 18.3. The number of alkyl halides is 1. The molecule has 0 aliphatic heterocycles. The van der Waals surface area contributed by atoms with Gasteiger partial charge in [-0.3, -0.25) is 9.59 Å². The largest absolute Gasteiger partial charge is 1.00 e. The van der Waals surface area contributed by atoms with Gasteiger partial charge in [-0.1, -0.05) is 177 Å². The van der Waals surface area contributed by atoms with Crippen LogP contribution >= 0.6 is 11.6 Å². The summed E-state index contributed by atoms with van der Waals surface area (Å²) in [4.78, 5) is 58.3. The summed E-state index contributed by atoms with van der Waals surface area (Å²) in [7, 11) is 11.3. The number of aliphatic hydroxyl groups is 1. The Morgan fingerprint density at radius 1 is 0.304 bits per heavy atom. The zero-order valence-electron chi connectivity index (χ0n) is 78.3. The molecule has 0 fully saturated rings. The number of methoxy groups -OCH3 is 7. The molecule has 0 saturated heterocycles. The number of rotatable bonds is 38. The number of benzene rings is 8. The molecule has 675 valence electrons. The minimum atomic E-state index is -0.727. The van der Waals surface area contributed by atoms with Gasteiger partial charge in [-0.15, -0.1) is 0 Å². The van der Waals surface area contributed by atoms with Gasteiger partial charge >= 0.3 is 47.5 Å². The third kappa shape index (κ3) is 40.7. The smallest absolute Gasteiger partial charge is 1.00 e. The van der Waals surface area contributed by atoms with E-state index in [2.05, 4.69) is 24.5 Å². The molecule has 0 aliphatic carbocycles. The number of carbonyl (C=O) groups excluding carboxylic acids is 5. The standard InChI is InChI=1S/C27H36O6.C23H32O5.C23H30O5.C13H10O3.C8H10O3.C5H11ClO.B.Na.H/c1-17(2)25(28)33-24(20-9-13-22(14-10-20)31-26(29-7)18(3)4)21-11-15-23(16-12-21)32-27(30-8)19(5)6;2*1-15(2)22(25-5)27-19-11-7-17(8-12-19)21(24)18-9-13-20(14-10-18)28-23(26-6)16(3)4;14-11-5-1-9(2-6-11)13(16)10-3-7-12(15)8-4-10;1-5(2)7(9)11-8(10)6(3)4;1-4(2)5(6)7-3;;;/h9-16,18-19,24,26-27H,1H2,2-8H3;7-16,21-24H,1-6H3;7-16,22-23H,1-6H3;1-8,14-15H;1,3H2,2,4H3;4-5H,1-3H3;;;/q;;;;;;;+1;-1. The van der Waals surface area contributed by atoms with Gasteiger partial charge in [0.1, 0.15) is 57.7 Å². The summed E-state index contributed by atoms with van der Waals surface area (Å²) in [6.07, 6.45) is -3.27. The number of ketones is 2. The molecule has 3 radical (unpaired) electrons. The van der Waals surface area contributed by atoms with E-state index >= 15 is 0 Å². The van der Waals surface area contributed by atoms with Crippen LogP contribution < -0.4 is 58.0 Å². The maximum atomic E-state index is 12.7. The molecule has 7 atom stereocenters. The Bertz CT molecular complexity index is 4200. The minimum absolute atomic E-state index is 0. The summed E-state index contributed by atoms with van der Waals surface area (Å²) >= 11 is 5.58. The van der Waals surface area contributed by atoms with E-state index in [1.54, 1.807) is 129 Å². The Balaban J connectivity index is 0.00000156. The van der Waals surface area contributed by atoms with Crippen molar-refractivity contribution in [2.75, 3.05) is 49.8 Å². The van der Waals surface area contributed by atoms with Gasteiger partial charge in [0.2, 0.25) is 37.7 Å².